The lowest BCUT2D eigenvalue weighted by atomic mass is 10.1. The van der Waals surface area contributed by atoms with E-state index in [9.17, 15) is 4.21 Å². The quantitative estimate of drug-likeness (QED) is 0.914. The fourth-order valence-corrected chi connectivity index (χ4v) is 3.33. The normalized spacial score (nSPS) is 17.0. The van der Waals surface area contributed by atoms with E-state index in [1.807, 2.05) is 52.0 Å². The maximum Gasteiger partial charge on any atom is 0.118 e. The largest absolute Gasteiger partial charge is 0.497 e. The summed E-state index contributed by atoms with van der Waals surface area (Å²) < 4.78 is 17.2. The molecular weight excluding hydrogens is 246 g/mol. The Hall–Kier alpha value is -0.870. The van der Waals surface area contributed by atoms with E-state index in [0.29, 0.717) is 0 Å². The van der Waals surface area contributed by atoms with Crippen LogP contribution >= 0.6 is 0 Å². The van der Waals surface area contributed by atoms with Crippen LogP contribution in [0, 0.1) is 0 Å². The highest BCUT2D eigenvalue weighted by molar-refractivity contribution is 7.87. The molecule has 0 radical (unpaired) electrons. The van der Waals surface area contributed by atoms with Crippen LogP contribution in [-0.2, 0) is 10.8 Å². The van der Waals surface area contributed by atoms with Crippen molar-refractivity contribution in [3.63, 3.8) is 0 Å². The van der Waals surface area contributed by atoms with Gasteiger partial charge in [-0.2, -0.15) is 0 Å². The molecule has 0 aromatic heterocycles. The van der Waals surface area contributed by atoms with Crippen LogP contribution in [-0.4, -0.2) is 21.3 Å². The minimum absolute atomic E-state index is 0.0848. The summed E-state index contributed by atoms with van der Waals surface area (Å²) in [6, 6.07) is 7.39. The van der Waals surface area contributed by atoms with Crippen LogP contribution in [0.15, 0.2) is 24.3 Å². The summed E-state index contributed by atoms with van der Waals surface area (Å²) in [5, 5.41) is -0.0848. The molecule has 1 aromatic rings. The van der Waals surface area contributed by atoms with E-state index in [4.69, 9.17) is 10.5 Å². The predicted octanol–water partition coefficient (Wildman–Crippen LogP) is 2.63. The first kappa shape index (κ1) is 15.2. The van der Waals surface area contributed by atoms with Crippen molar-refractivity contribution in [3.8, 4) is 5.75 Å². The predicted molar refractivity (Wildman–Crippen MR) is 77.3 cm³/mol. The highest BCUT2D eigenvalue weighted by Crippen LogP contribution is 2.25. The van der Waals surface area contributed by atoms with Gasteiger partial charge in [-0.05, 0) is 45.4 Å². The van der Waals surface area contributed by atoms with Gasteiger partial charge in [0.05, 0.1) is 12.4 Å². The van der Waals surface area contributed by atoms with Gasteiger partial charge in [-0.25, -0.2) is 0 Å². The molecule has 4 heteroatoms. The molecule has 1 aromatic carbocycles. The smallest absolute Gasteiger partial charge is 0.118 e. The Labute approximate surface area is 112 Å². The summed E-state index contributed by atoms with van der Waals surface area (Å²) in [6.07, 6.45) is 0. The molecule has 2 N–H and O–H groups in total. The average Bonchev–Trinajstić information content (AvgIpc) is 2.35. The Kier molecular flexibility index (Phi) is 4.93. The van der Waals surface area contributed by atoms with Crippen LogP contribution in [0.4, 0.5) is 0 Å². The molecule has 0 aliphatic rings. The molecule has 3 nitrogen and oxygen atoms in total. The number of methoxy groups -OCH3 is 1. The van der Waals surface area contributed by atoms with Crippen molar-refractivity contribution in [2.75, 3.05) is 7.11 Å². The summed E-state index contributed by atoms with van der Waals surface area (Å²) in [4.78, 5) is 0. The van der Waals surface area contributed by atoms with Crippen LogP contribution in [0.2, 0.25) is 0 Å². The van der Waals surface area contributed by atoms with Crippen molar-refractivity contribution in [3.05, 3.63) is 29.8 Å². The molecule has 0 saturated carbocycles. The Morgan fingerprint density at radius 1 is 1.22 bits per heavy atom. The van der Waals surface area contributed by atoms with Crippen molar-refractivity contribution in [2.24, 2.45) is 5.73 Å². The SMILES string of the molecule is COc1ccc(C(N)C(C)S(=O)C(C)(C)C)cc1. The van der Waals surface area contributed by atoms with Gasteiger partial charge in [0.1, 0.15) is 5.75 Å². The second-order valence-electron chi connectivity index (χ2n) is 5.41. The van der Waals surface area contributed by atoms with Gasteiger partial charge < -0.3 is 10.5 Å². The van der Waals surface area contributed by atoms with E-state index in [2.05, 4.69) is 0 Å². The summed E-state index contributed by atoms with van der Waals surface area (Å²) in [5.41, 5.74) is 7.18. The molecule has 3 atom stereocenters. The highest BCUT2D eigenvalue weighted by atomic mass is 32.2. The molecule has 0 aliphatic heterocycles. The van der Waals surface area contributed by atoms with Crippen molar-refractivity contribution in [2.45, 2.75) is 43.7 Å². The van der Waals surface area contributed by atoms with Gasteiger partial charge in [-0.3, -0.25) is 4.21 Å². The molecule has 0 spiro atoms. The molecule has 0 amide bonds. The Bertz CT molecular complexity index is 409. The minimum atomic E-state index is -0.976. The Morgan fingerprint density at radius 3 is 2.11 bits per heavy atom. The molecule has 102 valence electrons. The van der Waals surface area contributed by atoms with Crippen LogP contribution < -0.4 is 10.5 Å². The summed E-state index contributed by atoms with van der Waals surface area (Å²) >= 11 is 0. The average molecular weight is 269 g/mol. The van der Waals surface area contributed by atoms with Crippen molar-refractivity contribution >= 4 is 10.8 Å². The molecule has 0 aliphatic carbocycles. The van der Waals surface area contributed by atoms with E-state index in [1.165, 1.54) is 0 Å². The van der Waals surface area contributed by atoms with Crippen molar-refractivity contribution < 1.29 is 8.95 Å². The number of benzene rings is 1. The van der Waals surface area contributed by atoms with E-state index < -0.39 is 10.8 Å². The van der Waals surface area contributed by atoms with Crippen molar-refractivity contribution in [1.82, 2.24) is 0 Å². The van der Waals surface area contributed by atoms with E-state index in [-0.39, 0.29) is 16.0 Å². The lowest BCUT2D eigenvalue weighted by molar-refractivity contribution is 0.414. The van der Waals surface area contributed by atoms with Crippen molar-refractivity contribution in [1.29, 1.82) is 0 Å². The first-order valence-corrected chi connectivity index (χ1v) is 7.29. The van der Waals surface area contributed by atoms with Gasteiger partial charge in [0, 0.05) is 21.6 Å². The second-order valence-corrected chi connectivity index (χ2v) is 7.98. The first-order chi connectivity index (χ1) is 8.27. The van der Waals surface area contributed by atoms with Gasteiger partial charge >= 0.3 is 0 Å². The van der Waals surface area contributed by atoms with Gasteiger partial charge in [-0.15, -0.1) is 0 Å². The van der Waals surface area contributed by atoms with E-state index in [0.717, 1.165) is 11.3 Å². The van der Waals surface area contributed by atoms with Gasteiger partial charge in [0.25, 0.3) is 0 Å². The molecule has 1 rings (SSSR count). The second kappa shape index (κ2) is 5.85. The third kappa shape index (κ3) is 3.56. The molecule has 0 saturated heterocycles. The third-order valence-corrected chi connectivity index (χ3v) is 5.12. The summed E-state index contributed by atoms with van der Waals surface area (Å²) in [5.74, 6) is 0.801. The third-order valence-electron chi connectivity index (χ3n) is 2.95. The lowest BCUT2D eigenvalue weighted by Crippen LogP contribution is -2.36. The number of hydrogen-bond donors (Lipinski definition) is 1. The number of rotatable bonds is 4. The zero-order valence-electron chi connectivity index (χ0n) is 11.8. The van der Waals surface area contributed by atoms with E-state index >= 15 is 0 Å². The minimum Gasteiger partial charge on any atom is -0.497 e. The molecule has 0 fully saturated rings. The highest BCUT2D eigenvalue weighted by Gasteiger charge is 2.29. The number of hydrogen-bond acceptors (Lipinski definition) is 3. The summed E-state index contributed by atoms with van der Waals surface area (Å²) in [7, 11) is 0.655. The molecular formula is C14H23NO2S. The monoisotopic (exact) mass is 269 g/mol. The molecule has 3 unspecified atom stereocenters. The topological polar surface area (TPSA) is 52.3 Å². The van der Waals surface area contributed by atoms with Crippen LogP contribution in [0.1, 0.15) is 39.3 Å². The fraction of sp³-hybridized carbons (Fsp3) is 0.571. The zero-order valence-corrected chi connectivity index (χ0v) is 12.6. The van der Waals surface area contributed by atoms with Gasteiger partial charge in [-0.1, -0.05) is 12.1 Å². The Balaban J connectivity index is 2.86. The lowest BCUT2D eigenvalue weighted by Gasteiger charge is -2.27. The summed E-state index contributed by atoms with van der Waals surface area (Å²) in [6.45, 7) is 7.86. The number of ether oxygens (including phenoxy) is 1. The van der Waals surface area contributed by atoms with Gasteiger partial charge in [0.2, 0.25) is 0 Å². The van der Waals surface area contributed by atoms with Crippen LogP contribution in [0.5, 0.6) is 5.75 Å². The molecule has 0 heterocycles. The van der Waals surface area contributed by atoms with Crippen LogP contribution in [0.3, 0.4) is 0 Å². The van der Waals surface area contributed by atoms with Gasteiger partial charge in [0.15, 0.2) is 0 Å². The Morgan fingerprint density at radius 2 is 1.72 bits per heavy atom. The maximum absolute atomic E-state index is 12.3. The standard InChI is InChI=1S/C14H23NO2S/c1-10(18(16)14(2,3)4)13(15)11-6-8-12(17-5)9-7-11/h6-10,13H,15H2,1-5H3. The fourth-order valence-electron chi connectivity index (χ4n) is 1.79. The molecule has 18 heavy (non-hydrogen) atoms. The first-order valence-electron chi connectivity index (χ1n) is 6.07. The van der Waals surface area contributed by atoms with Crippen LogP contribution in [0.25, 0.3) is 0 Å². The number of nitrogens with two attached hydrogens (primary N) is 1. The van der Waals surface area contributed by atoms with E-state index in [1.54, 1.807) is 7.11 Å². The maximum atomic E-state index is 12.3. The zero-order chi connectivity index (χ0) is 13.9. The molecule has 0 bridgehead atoms.